The number of aliphatic hydroxyl groups is 1. The van der Waals surface area contributed by atoms with Crippen molar-refractivity contribution in [1.29, 1.82) is 0 Å². The van der Waals surface area contributed by atoms with Gasteiger partial charge in [0.1, 0.15) is 11.4 Å². The molecule has 1 aromatic carbocycles. The molecule has 0 amide bonds. The van der Waals surface area contributed by atoms with E-state index in [1.165, 1.54) is 39.2 Å². The van der Waals surface area contributed by atoms with Crippen LogP contribution in [0.25, 0.3) is 0 Å². The summed E-state index contributed by atoms with van der Waals surface area (Å²) in [4.78, 5) is 11.4. The van der Waals surface area contributed by atoms with Crippen LogP contribution in [0.3, 0.4) is 0 Å². The van der Waals surface area contributed by atoms with E-state index in [4.69, 9.17) is 0 Å². The quantitative estimate of drug-likeness (QED) is 0.873. The molecular formula is C12H14BrFO3. The number of methoxy groups -OCH3 is 1. The lowest BCUT2D eigenvalue weighted by atomic mass is 9.84. The Kier molecular flexibility index (Phi) is 4.27. The molecule has 0 radical (unpaired) electrons. The number of halogens is 2. The zero-order valence-electron chi connectivity index (χ0n) is 9.83. The van der Waals surface area contributed by atoms with Crippen LogP contribution in [0.5, 0.6) is 0 Å². The van der Waals surface area contributed by atoms with E-state index >= 15 is 0 Å². The Labute approximate surface area is 108 Å². The van der Waals surface area contributed by atoms with E-state index in [2.05, 4.69) is 20.7 Å². The number of ether oxygens (including phenoxy) is 1. The second kappa shape index (κ2) is 5.14. The van der Waals surface area contributed by atoms with Gasteiger partial charge in [0.2, 0.25) is 0 Å². The normalized spacial score (nSPS) is 16.1. The lowest BCUT2D eigenvalue weighted by Crippen LogP contribution is -2.36. The highest BCUT2D eigenvalue weighted by Gasteiger charge is 2.38. The minimum atomic E-state index is -1.62. The third kappa shape index (κ3) is 2.84. The van der Waals surface area contributed by atoms with Crippen LogP contribution in [0.2, 0.25) is 0 Å². The summed E-state index contributed by atoms with van der Waals surface area (Å²) in [6.07, 6.45) is 0. The van der Waals surface area contributed by atoms with E-state index in [1.807, 2.05) is 0 Å². The number of rotatable bonds is 3. The third-order valence-electron chi connectivity index (χ3n) is 2.87. The van der Waals surface area contributed by atoms with E-state index in [0.717, 1.165) is 0 Å². The topological polar surface area (TPSA) is 46.5 Å². The summed E-state index contributed by atoms with van der Waals surface area (Å²) in [6, 6.07) is 4.21. The van der Waals surface area contributed by atoms with Crippen molar-refractivity contribution in [1.82, 2.24) is 0 Å². The van der Waals surface area contributed by atoms with Gasteiger partial charge in [-0.15, -0.1) is 0 Å². The minimum absolute atomic E-state index is 0.0600. The second-order valence-corrected chi connectivity index (χ2v) is 4.93. The number of hydrogen-bond acceptors (Lipinski definition) is 3. The number of hydrogen-bond donors (Lipinski definition) is 1. The van der Waals surface area contributed by atoms with Crippen molar-refractivity contribution in [3.8, 4) is 0 Å². The maximum absolute atomic E-state index is 13.7. The average molecular weight is 305 g/mol. The molecule has 0 saturated heterocycles. The van der Waals surface area contributed by atoms with Gasteiger partial charge in [-0.25, -0.2) is 4.39 Å². The number of benzene rings is 1. The molecule has 0 fully saturated rings. The Morgan fingerprint density at radius 3 is 2.71 bits per heavy atom. The molecule has 94 valence electrons. The molecule has 0 aromatic heterocycles. The highest BCUT2D eigenvalue weighted by Crippen LogP contribution is 2.33. The summed E-state index contributed by atoms with van der Waals surface area (Å²) in [7, 11) is 1.23. The highest BCUT2D eigenvalue weighted by molar-refractivity contribution is 9.10. The van der Waals surface area contributed by atoms with E-state index < -0.39 is 23.3 Å². The standard InChI is InChI=1S/C12H14BrFO3/c1-7(11(15)17-3)12(2,16)9-6-8(13)4-5-10(9)14/h4-7,16H,1-3H3. The Hall–Kier alpha value is -0.940. The van der Waals surface area contributed by atoms with Crippen LogP contribution < -0.4 is 0 Å². The van der Waals surface area contributed by atoms with Gasteiger partial charge in [-0.2, -0.15) is 0 Å². The Morgan fingerprint density at radius 2 is 2.18 bits per heavy atom. The first-order valence-corrected chi connectivity index (χ1v) is 5.85. The Morgan fingerprint density at radius 1 is 1.59 bits per heavy atom. The van der Waals surface area contributed by atoms with Gasteiger partial charge in [-0.1, -0.05) is 15.9 Å². The number of carbonyl (C=O) groups excluding carboxylic acids is 1. The van der Waals surface area contributed by atoms with Crippen molar-refractivity contribution in [3.63, 3.8) is 0 Å². The lowest BCUT2D eigenvalue weighted by molar-refractivity contribution is -0.154. The largest absolute Gasteiger partial charge is 0.469 e. The molecule has 0 heterocycles. The predicted octanol–water partition coefficient (Wildman–Crippen LogP) is 2.60. The van der Waals surface area contributed by atoms with Crippen LogP contribution in [-0.4, -0.2) is 18.2 Å². The van der Waals surface area contributed by atoms with Crippen LogP contribution >= 0.6 is 15.9 Å². The van der Waals surface area contributed by atoms with Gasteiger partial charge >= 0.3 is 5.97 Å². The van der Waals surface area contributed by atoms with Crippen LogP contribution in [0, 0.1) is 11.7 Å². The van der Waals surface area contributed by atoms with Crippen molar-refractivity contribution in [3.05, 3.63) is 34.1 Å². The summed E-state index contributed by atoms with van der Waals surface area (Å²) in [5.74, 6) is -2.01. The number of esters is 1. The average Bonchev–Trinajstić information content (AvgIpc) is 2.30. The van der Waals surface area contributed by atoms with E-state index in [0.29, 0.717) is 4.47 Å². The van der Waals surface area contributed by atoms with Gasteiger partial charge in [-0.05, 0) is 32.0 Å². The van der Waals surface area contributed by atoms with Crippen molar-refractivity contribution >= 4 is 21.9 Å². The maximum Gasteiger partial charge on any atom is 0.311 e. The molecule has 0 aliphatic heterocycles. The summed E-state index contributed by atoms with van der Waals surface area (Å²) in [6.45, 7) is 2.88. The molecule has 2 atom stereocenters. The SMILES string of the molecule is COC(=O)C(C)C(C)(O)c1cc(Br)ccc1F. The van der Waals surface area contributed by atoms with Gasteiger partial charge in [-0.3, -0.25) is 4.79 Å². The molecule has 1 N–H and O–H groups in total. The van der Waals surface area contributed by atoms with Gasteiger partial charge in [0, 0.05) is 10.0 Å². The van der Waals surface area contributed by atoms with Crippen molar-refractivity contribution < 1.29 is 19.0 Å². The molecule has 0 saturated carbocycles. The minimum Gasteiger partial charge on any atom is -0.469 e. The van der Waals surface area contributed by atoms with Crippen LogP contribution in [0.4, 0.5) is 4.39 Å². The van der Waals surface area contributed by atoms with Gasteiger partial charge in [0.15, 0.2) is 0 Å². The molecule has 2 unspecified atom stereocenters. The molecule has 0 aliphatic rings. The second-order valence-electron chi connectivity index (χ2n) is 4.02. The molecule has 17 heavy (non-hydrogen) atoms. The van der Waals surface area contributed by atoms with Crippen LogP contribution in [-0.2, 0) is 15.1 Å². The monoisotopic (exact) mass is 304 g/mol. The number of carbonyl (C=O) groups is 1. The molecule has 0 aliphatic carbocycles. The van der Waals surface area contributed by atoms with E-state index in [1.54, 1.807) is 0 Å². The van der Waals surface area contributed by atoms with Crippen molar-refractivity contribution in [2.24, 2.45) is 5.92 Å². The van der Waals surface area contributed by atoms with Crippen LogP contribution in [0.1, 0.15) is 19.4 Å². The first kappa shape index (κ1) is 14.1. The fourth-order valence-corrected chi connectivity index (χ4v) is 1.89. The summed E-state index contributed by atoms with van der Waals surface area (Å²) >= 11 is 3.20. The zero-order chi connectivity index (χ0) is 13.2. The zero-order valence-corrected chi connectivity index (χ0v) is 11.4. The molecule has 3 nitrogen and oxygen atoms in total. The molecular weight excluding hydrogens is 291 g/mol. The van der Waals surface area contributed by atoms with E-state index in [9.17, 15) is 14.3 Å². The Balaban J connectivity index is 3.20. The fourth-order valence-electron chi connectivity index (χ4n) is 1.52. The molecule has 5 heteroatoms. The molecule has 1 aromatic rings. The van der Waals surface area contributed by atoms with Gasteiger partial charge in [0.05, 0.1) is 13.0 Å². The Bertz CT molecular complexity index is 432. The summed E-state index contributed by atoms with van der Waals surface area (Å²) in [5, 5.41) is 10.3. The van der Waals surface area contributed by atoms with Crippen LogP contribution in [0.15, 0.2) is 22.7 Å². The lowest BCUT2D eigenvalue weighted by Gasteiger charge is -2.29. The molecule has 1 rings (SSSR count). The van der Waals surface area contributed by atoms with Gasteiger partial charge < -0.3 is 9.84 Å². The maximum atomic E-state index is 13.7. The van der Waals surface area contributed by atoms with Crippen molar-refractivity contribution in [2.45, 2.75) is 19.4 Å². The molecule has 0 bridgehead atoms. The fraction of sp³-hybridized carbons (Fsp3) is 0.417. The molecule has 0 spiro atoms. The third-order valence-corrected chi connectivity index (χ3v) is 3.36. The first-order valence-electron chi connectivity index (χ1n) is 5.06. The van der Waals surface area contributed by atoms with Gasteiger partial charge in [0.25, 0.3) is 0 Å². The van der Waals surface area contributed by atoms with E-state index in [-0.39, 0.29) is 5.56 Å². The summed E-state index contributed by atoms with van der Waals surface area (Å²) in [5.41, 5.74) is -1.56. The smallest absolute Gasteiger partial charge is 0.311 e. The van der Waals surface area contributed by atoms with Crippen molar-refractivity contribution in [2.75, 3.05) is 7.11 Å². The first-order chi connectivity index (χ1) is 7.80. The highest BCUT2D eigenvalue weighted by atomic mass is 79.9. The predicted molar refractivity (Wildman–Crippen MR) is 64.9 cm³/mol. The summed E-state index contributed by atoms with van der Waals surface area (Å²) < 4.78 is 18.8.